The Morgan fingerprint density at radius 3 is 2.55 bits per heavy atom. The number of anilines is 1. The maximum Gasteiger partial charge on any atom is 0.194 e. The maximum atomic E-state index is 10.2. The first-order valence-corrected chi connectivity index (χ1v) is 10.2. The van der Waals surface area contributed by atoms with Crippen LogP contribution in [0.2, 0.25) is 0 Å². The molecule has 29 heavy (non-hydrogen) atoms. The SMILES string of the molecule is CCNC(=NCC(O)c1ccco1)N(C)Cc1ccc(N2CCCCC2)cc1.I. The molecular formula is C22H33IN4O2. The lowest BCUT2D eigenvalue weighted by Crippen LogP contribution is -2.38. The standard InChI is InChI=1S/C22H32N4O2.HI/c1-3-23-22(24-16-20(27)21-8-7-15-28-21)25(2)17-18-9-11-19(12-10-18)26-13-5-4-6-14-26;/h7-12,15,20,27H,3-6,13-14,16-17H2,1-2H3,(H,23,24);1H. The van der Waals surface area contributed by atoms with Gasteiger partial charge in [-0.1, -0.05) is 12.1 Å². The average molecular weight is 512 g/mol. The Labute approximate surface area is 191 Å². The van der Waals surface area contributed by atoms with Crippen LogP contribution >= 0.6 is 24.0 Å². The highest BCUT2D eigenvalue weighted by molar-refractivity contribution is 14.0. The zero-order chi connectivity index (χ0) is 19.8. The van der Waals surface area contributed by atoms with Gasteiger partial charge in [0.05, 0.1) is 12.8 Å². The molecule has 2 aromatic rings. The number of halogens is 1. The third-order valence-corrected chi connectivity index (χ3v) is 5.06. The minimum atomic E-state index is -0.735. The number of aliphatic imine (C=N–C) groups is 1. The summed E-state index contributed by atoms with van der Waals surface area (Å²) in [7, 11) is 2.01. The van der Waals surface area contributed by atoms with Crippen molar-refractivity contribution in [2.24, 2.45) is 4.99 Å². The minimum absolute atomic E-state index is 0. The predicted molar refractivity (Wildman–Crippen MR) is 129 cm³/mol. The van der Waals surface area contributed by atoms with Gasteiger partial charge in [-0.15, -0.1) is 24.0 Å². The Bertz CT molecular complexity index is 728. The van der Waals surface area contributed by atoms with Crippen LogP contribution in [-0.4, -0.2) is 49.2 Å². The molecule has 0 spiro atoms. The van der Waals surface area contributed by atoms with E-state index in [2.05, 4.69) is 44.4 Å². The number of furan rings is 1. The first kappa shape index (κ1) is 23.5. The third-order valence-electron chi connectivity index (χ3n) is 5.06. The van der Waals surface area contributed by atoms with Crippen molar-refractivity contribution >= 4 is 35.6 Å². The van der Waals surface area contributed by atoms with Gasteiger partial charge in [0, 0.05) is 38.9 Å². The molecule has 1 fully saturated rings. The number of piperidine rings is 1. The summed E-state index contributed by atoms with van der Waals surface area (Å²) in [5, 5.41) is 13.5. The largest absolute Gasteiger partial charge is 0.467 e. The van der Waals surface area contributed by atoms with E-state index in [1.165, 1.54) is 30.5 Å². The van der Waals surface area contributed by atoms with Crippen molar-refractivity contribution in [1.82, 2.24) is 10.2 Å². The van der Waals surface area contributed by atoms with Crippen LogP contribution in [0.3, 0.4) is 0 Å². The molecule has 0 amide bonds. The van der Waals surface area contributed by atoms with Gasteiger partial charge < -0.3 is 24.6 Å². The third kappa shape index (κ3) is 6.92. The van der Waals surface area contributed by atoms with Gasteiger partial charge in [0.1, 0.15) is 11.9 Å². The molecule has 7 heteroatoms. The second kappa shape index (κ2) is 12.1. The number of benzene rings is 1. The van der Waals surface area contributed by atoms with E-state index in [-0.39, 0.29) is 30.5 Å². The van der Waals surface area contributed by atoms with Crippen molar-refractivity contribution < 1.29 is 9.52 Å². The van der Waals surface area contributed by atoms with E-state index in [4.69, 9.17) is 4.42 Å². The fraction of sp³-hybridized carbons (Fsp3) is 0.500. The predicted octanol–water partition coefficient (Wildman–Crippen LogP) is 4.02. The summed E-state index contributed by atoms with van der Waals surface area (Å²) in [5.41, 5.74) is 2.55. The van der Waals surface area contributed by atoms with Crippen molar-refractivity contribution in [1.29, 1.82) is 0 Å². The quantitative estimate of drug-likeness (QED) is 0.334. The second-order valence-electron chi connectivity index (χ2n) is 7.30. The highest BCUT2D eigenvalue weighted by atomic mass is 127. The number of rotatable bonds is 7. The maximum absolute atomic E-state index is 10.2. The fourth-order valence-electron chi connectivity index (χ4n) is 3.53. The summed E-state index contributed by atoms with van der Waals surface area (Å²) in [5.74, 6) is 1.31. The minimum Gasteiger partial charge on any atom is -0.467 e. The first-order chi connectivity index (χ1) is 13.7. The molecule has 0 saturated carbocycles. The highest BCUT2D eigenvalue weighted by Crippen LogP contribution is 2.20. The summed E-state index contributed by atoms with van der Waals surface area (Å²) in [6.07, 6.45) is 4.75. The number of hydrogen-bond donors (Lipinski definition) is 2. The highest BCUT2D eigenvalue weighted by Gasteiger charge is 2.13. The van der Waals surface area contributed by atoms with E-state index >= 15 is 0 Å². The van der Waals surface area contributed by atoms with E-state index in [1.807, 2.05) is 14.0 Å². The van der Waals surface area contributed by atoms with Crippen molar-refractivity contribution in [3.8, 4) is 0 Å². The molecule has 1 aromatic heterocycles. The van der Waals surface area contributed by atoms with Gasteiger partial charge in [-0.2, -0.15) is 0 Å². The van der Waals surface area contributed by atoms with Crippen LogP contribution in [0, 0.1) is 0 Å². The van der Waals surface area contributed by atoms with E-state index < -0.39 is 6.10 Å². The number of nitrogens with one attached hydrogen (secondary N) is 1. The van der Waals surface area contributed by atoms with Gasteiger partial charge in [-0.3, -0.25) is 0 Å². The van der Waals surface area contributed by atoms with E-state index in [1.54, 1.807) is 18.4 Å². The molecule has 2 heterocycles. The van der Waals surface area contributed by atoms with Gasteiger partial charge in [-0.25, -0.2) is 4.99 Å². The van der Waals surface area contributed by atoms with Crippen LogP contribution in [0.4, 0.5) is 5.69 Å². The molecule has 0 bridgehead atoms. The summed E-state index contributed by atoms with van der Waals surface area (Å²) in [6, 6.07) is 12.4. The molecule has 0 radical (unpaired) electrons. The van der Waals surface area contributed by atoms with E-state index in [0.29, 0.717) is 5.76 Å². The van der Waals surface area contributed by atoms with Crippen LogP contribution in [0.1, 0.15) is 43.6 Å². The molecule has 1 saturated heterocycles. The van der Waals surface area contributed by atoms with Crippen LogP contribution < -0.4 is 10.2 Å². The lowest BCUT2D eigenvalue weighted by Gasteiger charge is -2.29. The number of hydrogen-bond acceptors (Lipinski definition) is 4. The normalized spacial score (nSPS) is 15.6. The van der Waals surface area contributed by atoms with Crippen molar-refractivity contribution in [2.45, 2.75) is 38.8 Å². The Morgan fingerprint density at radius 2 is 1.93 bits per heavy atom. The smallest absolute Gasteiger partial charge is 0.194 e. The van der Waals surface area contributed by atoms with Crippen molar-refractivity contribution in [2.75, 3.05) is 38.1 Å². The summed E-state index contributed by atoms with van der Waals surface area (Å²) in [6.45, 7) is 6.15. The van der Waals surface area contributed by atoms with Crippen LogP contribution in [-0.2, 0) is 6.54 Å². The molecule has 1 unspecified atom stereocenters. The zero-order valence-electron chi connectivity index (χ0n) is 17.4. The second-order valence-corrected chi connectivity index (χ2v) is 7.30. The molecule has 1 atom stereocenters. The van der Waals surface area contributed by atoms with Crippen molar-refractivity contribution in [3.05, 3.63) is 54.0 Å². The van der Waals surface area contributed by atoms with Crippen LogP contribution in [0.25, 0.3) is 0 Å². The number of nitrogens with zero attached hydrogens (tertiary/aromatic N) is 3. The van der Waals surface area contributed by atoms with Gasteiger partial charge in [0.25, 0.3) is 0 Å². The first-order valence-electron chi connectivity index (χ1n) is 10.2. The van der Waals surface area contributed by atoms with Crippen molar-refractivity contribution in [3.63, 3.8) is 0 Å². The summed E-state index contributed by atoms with van der Waals surface area (Å²) in [4.78, 5) is 9.12. The van der Waals surface area contributed by atoms with E-state index in [0.717, 1.165) is 32.1 Å². The van der Waals surface area contributed by atoms with Crippen LogP contribution in [0.15, 0.2) is 52.1 Å². The lowest BCUT2D eigenvalue weighted by atomic mass is 10.1. The molecule has 2 N–H and O–H groups in total. The molecule has 3 rings (SSSR count). The molecular weight excluding hydrogens is 479 g/mol. The molecule has 1 aliphatic rings. The van der Waals surface area contributed by atoms with Gasteiger partial charge in [0.15, 0.2) is 5.96 Å². The Balaban J connectivity index is 0.00000300. The Morgan fingerprint density at radius 1 is 1.21 bits per heavy atom. The van der Waals surface area contributed by atoms with E-state index in [9.17, 15) is 5.11 Å². The number of aliphatic hydroxyl groups excluding tert-OH is 1. The summed E-state index contributed by atoms with van der Waals surface area (Å²) < 4.78 is 5.25. The van der Waals surface area contributed by atoms with Gasteiger partial charge in [-0.05, 0) is 56.0 Å². The number of guanidine groups is 1. The Hall–Kier alpha value is -1.74. The average Bonchev–Trinajstić information content (AvgIpc) is 3.27. The summed E-state index contributed by atoms with van der Waals surface area (Å²) >= 11 is 0. The molecule has 6 nitrogen and oxygen atoms in total. The topological polar surface area (TPSA) is 64.2 Å². The molecule has 160 valence electrons. The van der Waals surface area contributed by atoms with Gasteiger partial charge >= 0.3 is 0 Å². The molecule has 0 aliphatic carbocycles. The zero-order valence-corrected chi connectivity index (χ0v) is 19.7. The number of aliphatic hydroxyl groups is 1. The van der Waals surface area contributed by atoms with Crippen LogP contribution in [0.5, 0.6) is 0 Å². The monoisotopic (exact) mass is 512 g/mol. The fourth-order valence-corrected chi connectivity index (χ4v) is 3.53. The molecule has 1 aliphatic heterocycles. The molecule has 1 aromatic carbocycles. The van der Waals surface area contributed by atoms with Gasteiger partial charge in [0.2, 0.25) is 0 Å². The lowest BCUT2D eigenvalue weighted by molar-refractivity contribution is 0.158. The Kier molecular flexibility index (Phi) is 9.80.